The van der Waals surface area contributed by atoms with Crippen molar-refractivity contribution in [1.29, 1.82) is 0 Å². The number of nitrogens with zero attached hydrogens (tertiary/aromatic N) is 5. The highest BCUT2D eigenvalue weighted by molar-refractivity contribution is 5.68. The predicted octanol–water partition coefficient (Wildman–Crippen LogP) is 2.25. The quantitative estimate of drug-likeness (QED) is 0.577. The van der Waals surface area contributed by atoms with Gasteiger partial charge in [-0.1, -0.05) is 12.7 Å². The minimum atomic E-state index is -0.467. The van der Waals surface area contributed by atoms with Crippen LogP contribution in [-0.2, 0) is 0 Å². The van der Waals surface area contributed by atoms with Crippen molar-refractivity contribution in [3.8, 4) is 5.88 Å². The molecule has 0 saturated carbocycles. The summed E-state index contributed by atoms with van der Waals surface area (Å²) in [5, 5.41) is 11.2. The Hall–Kier alpha value is -2.19. The molecule has 1 aromatic heterocycles. The van der Waals surface area contributed by atoms with Crippen LogP contribution in [0.25, 0.3) is 6.08 Å². The van der Waals surface area contributed by atoms with E-state index in [9.17, 15) is 10.1 Å². The lowest BCUT2D eigenvalue weighted by atomic mass is 10.0. The first-order valence-corrected chi connectivity index (χ1v) is 9.57. The maximum atomic E-state index is 11.2. The van der Waals surface area contributed by atoms with E-state index in [1.54, 1.807) is 6.08 Å². The average molecular weight is 375 g/mol. The molecule has 8 heteroatoms. The number of piperidine rings is 1. The van der Waals surface area contributed by atoms with Gasteiger partial charge in [-0.3, -0.25) is 15.0 Å². The number of aromatic nitrogens is 1. The second kappa shape index (κ2) is 8.67. The lowest BCUT2D eigenvalue weighted by Gasteiger charge is -2.39. The SMILES string of the molecule is C=Cc1cc([N+](=O)[O-])c(OC)nc1N1CCC(N2CCCN(C)CC2)CC1. The standard InChI is InChI=1S/C19H29N5O3/c1-4-15-14-17(24(25)26)19(27-3)20-18(15)23-10-6-16(7-11-23)22-9-5-8-21(2)12-13-22/h4,14,16H,1,5-13H2,2-3H3. The first-order valence-electron chi connectivity index (χ1n) is 9.57. The second-order valence-electron chi connectivity index (χ2n) is 7.30. The Balaban J connectivity index is 1.72. The Labute approximate surface area is 160 Å². The molecule has 8 nitrogen and oxygen atoms in total. The van der Waals surface area contributed by atoms with Gasteiger partial charge in [-0.05, 0) is 39.4 Å². The van der Waals surface area contributed by atoms with Crippen molar-refractivity contribution in [2.45, 2.75) is 25.3 Å². The normalized spacial score (nSPS) is 20.3. The van der Waals surface area contributed by atoms with Crippen LogP contribution >= 0.6 is 0 Å². The minimum absolute atomic E-state index is 0.0540. The first-order chi connectivity index (χ1) is 13.0. The van der Waals surface area contributed by atoms with Crippen molar-refractivity contribution in [2.24, 2.45) is 0 Å². The molecule has 3 heterocycles. The summed E-state index contributed by atoms with van der Waals surface area (Å²) in [6, 6.07) is 2.10. The lowest BCUT2D eigenvalue weighted by molar-refractivity contribution is -0.386. The van der Waals surface area contributed by atoms with E-state index in [4.69, 9.17) is 4.74 Å². The van der Waals surface area contributed by atoms with Gasteiger partial charge in [0.1, 0.15) is 5.82 Å². The number of likely N-dealkylation sites (N-methyl/N-ethyl adjacent to an activating group) is 1. The zero-order valence-electron chi connectivity index (χ0n) is 16.3. The highest BCUT2D eigenvalue weighted by Crippen LogP contribution is 2.33. The molecule has 0 spiro atoms. The van der Waals surface area contributed by atoms with Crippen LogP contribution in [-0.4, -0.2) is 79.2 Å². The van der Waals surface area contributed by atoms with Crippen molar-refractivity contribution >= 4 is 17.6 Å². The minimum Gasteiger partial charge on any atom is -0.476 e. The number of nitro groups is 1. The Morgan fingerprint density at radius 3 is 2.63 bits per heavy atom. The number of anilines is 1. The average Bonchev–Trinajstić information content (AvgIpc) is 2.91. The van der Waals surface area contributed by atoms with Gasteiger partial charge in [0, 0.05) is 43.9 Å². The van der Waals surface area contributed by atoms with Crippen molar-refractivity contribution < 1.29 is 9.66 Å². The number of methoxy groups -OCH3 is 1. The van der Waals surface area contributed by atoms with Crippen LogP contribution in [0.2, 0.25) is 0 Å². The van der Waals surface area contributed by atoms with Crippen molar-refractivity contribution in [3.05, 3.63) is 28.3 Å². The van der Waals surface area contributed by atoms with E-state index in [2.05, 4.69) is 33.3 Å². The molecule has 0 unspecified atom stereocenters. The summed E-state index contributed by atoms with van der Waals surface area (Å²) < 4.78 is 5.15. The molecular weight excluding hydrogens is 346 g/mol. The van der Waals surface area contributed by atoms with Crippen LogP contribution in [0.15, 0.2) is 12.6 Å². The summed E-state index contributed by atoms with van der Waals surface area (Å²) in [6.45, 7) is 10.2. The topological polar surface area (TPSA) is 75.0 Å². The third-order valence-corrected chi connectivity index (χ3v) is 5.62. The summed E-state index contributed by atoms with van der Waals surface area (Å²) in [6.07, 6.45) is 4.99. The summed E-state index contributed by atoms with van der Waals surface area (Å²) in [5.74, 6) is 0.778. The van der Waals surface area contributed by atoms with Gasteiger partial charge in [-0.25, -0.2) is 0 Å². The maximum Gasteiger partial charge on any atom is 0.331 e. The molecule has 2 aliphatic heterocycles. The molecular formula is C19H29N5O3. The van der Waals surface area contributed by atoms with Crippen molar-refractivity contribution in [2.75, 3.05) is 58.3 Å². The van der Waals surface area contributed by atoms with Gasteiger partial charge in [0.25, 0.3) is 5.88 Å². The molecule has 1 aromatic rings. The Morgan fingerprint density at radius 1 is 1.26 bits per heavy atom. The van der Waals surface area contributed by atoms with Crippen LogP contribution in [0.5, 0.6) is 5.88 Å². The molecule has 3 rings (SSSR count). The fraction of sp³-hybridized carbons (Fsp3) is 0.632. The smallest absolute Gasteiger partial charge is 0.331 e. The van der Waals surface area contributed by atoms with E-state index in [1.807, 2.05) is 0 Å². The number of pyridine rings is 1. The fourth-order valence-electron chi connectivity index (χ4n) is 4.05. The molecule has 0 bridgehead atoms. The van der Waals surface area contributed by atoms with Gasteiger partial charge in [0.2, 0.25) is 0 Å². The van der Waals surface area contributed by atoms with Gasteiger partial charge < -0.3 is 14.5 Å². The number of hydrogen-bond donors (Lipinski definition) is 0. The highest BCUT2D eigenvalue weighted by atomic mass is 16.6. The van der Waals surface area contributed by atoms with Crippen LogP contribution in [0, 0.1) is 10.1 Å². The van der Waals surface area contributed by atoms with E-state index < -0.39 is 4.92 Å². The van der Waals surface area contributed by atoms with Crippen molar-refractivity contribution in [3.63, 3.8) is 0 Å². The number of hydrogen-bond acceptors (Lipinski definition) is 7. The van der Waals surface area contributed by atoms with E-state index in [-0.39, 0.29) is 11.6 Å². The zero-order valence-corrected chi connectivity index (χ0v) is 16.3. The first kappa shape index (κ1) is 19.6. The van der Waals surface area contributed by atoms with Gasteiger partial charge in [-0.15, -0.1) is 0 Å². The molecule has 27 heavy (non-hydrogen) atoms. The molecule has 2 fully saturated rings. The van der Waals surface area contributed by atoms with Crippen LogP contribution in [0.1, 0.15) is 24.8 Å². The zero-order chi connectivity index (χ0) is 19.4. The molecule has 0 aliphatic carbocycles. The van der Waals surface area contributed by atoms with Crippen LogP contribution in [0.4, 0.5) is 11.5 Å². The Morgan fingerprint density at radius 2 is 2.00 bits per heavy atom. The van der Waals surface area contributed by atoms with Crippen LogP contribution < -0.4 is 9.64 Å². The Kier molecular flexibility index (Phi) is 6.28. The van der Waals surface area contributed by atoms with E-state index in [0.717, 1.165) is 51.4 Å². The molecule has 0 amide bonds. The monoisotopic (exact) mass is 375 g/mol. The number of ether oxygens (including phenoxy) is 1. The maximum absolute atomic E-state index is 11.2. The van der Waals surface area contributed by atoms with E-state index in [1.165, 1.54) is 26.1 Å². The number of rotatable bonds is 5. The van der Waals surface area contributed by atoms with E-state index >= 15 is 0 Å². The molecule has 148 valence electrons. The highest BCUT2D eigenvalue weighted by Gasteiger charge is 2.29. The Bertz CT molecular complexity index is 688. The van der Waals surface area contributed by atoms with Crippen molar-refractivity contribution in [1.82, 2.24) is 14.8 Å². The molecule has 0 radical (unpaired) electrons. The van der Waals surface area contributed by atoms with Gasteiger partial charge >= 0.3 is 5.69 Å². The summed E-state index contributed by atoms with van der Waals surface area (Å²) >= 11 is 0. The molecule has 2 aliphatic rings. The summed E-state index contributed by atoms with van der Waals surface area (Å²) in [7, 11) is 3.60. The molecule has 2 saturated heterocycles. The summed E-state index contributed by atoms with van der Waals surface area (Å²) in [5.41, 5.74) is 0.553. The third kappa shape index (κ3) is 4.39. The molecule has 0 N–H and O–H groups in total. The van der Waals surface area contributed by atoms with Crippen LogP contribution in [0.3, 0.4) is 0 Å². The summed E-state index contributed by atoms with van der Waals surface area (Å²) in [4.78, 5) is 22.4. The van der Waals surface area contributed by atoms with Gasteiger partial charge in [-0.2, -0.15) is 4.98 Å². The molecule has 0 atom stereocenters. The second-order valence-corrected chi connectivity index (χ2v) is 7.30. The van der Waals surface area contributed by atoms with Gasteiger partial charge in [0.05, 0.1) is 12.0 Å². The predicted molar refractivity (Wildman–Crippen MR) is 106 cm³/mol. The van der Waals surface area contributed by atoms with Gasteiger partial charge in [0.15, 0.2) is 0 Å². The lowest BCUT2D eigenvalue weighted by Crippen LogP contribution is -2.46. The fourth-order valence-corrected chi connectivity index (χ4v) is 4.05. The van der Waals surface area contributed by atoms with E-state index in [0.29, 0.717) is 11.6 Å². The molecule has 0 aromatic carbocycles. The third-order valence-electron chi connectivity index (χ3n) is 5.62. The largest absolute Gasteiger partial charge is 0.476 e.